The minimum atomic E-state index is -4.71. The molecule has 0 spiro atoms. The Kier molecular flexibility index (Phi) is 4.58. The van der Waals surface area contributed by atoms with E-state index >= 15 is 0 Å². The number of nitrogens with one attached hydrogen (secondary N) is 1. The summed E-state index contributed by atoms with van der Waals surface area (Å²) < 4.78 is 40.8. The SMILES string of the molecule is O=c1[nH]c(CCc2cccc(OC(F)(F)F)c2)c(C2CC2)cc1Cl. The van der Waals surface area contributed by atoms with Crippen LogP contribution >= 0.6 is 11.6 Å². The van der Waals surface area contributed by atoms with Gasteiger partial charge in [-0.2, -0.15) is 0 Å². The van der Waals surface area contributed by atoms with E-state index in [1.54, 1.807) is 12.1 Å². The lowest BCUT2D eigenvalue weighted by Gasteiger charge is -2.11. The molecule has 0 aliphatic heterocycles. The second-order valence-electron chi connectivity index (χ2n) is 5.85. The van der Waals surface area contributed by atoms with Crippen LogP contribution in [-0.4, -0.2) is 11.3 Å². The Morgan fingerprint density at radius 3 is 2.62 bits per heavy atom. The first kappa shape index (κ1) is 16.9. The Bertz CT molecular complexity index is 797. The van der Waals surface area contributed by atoms with Crippen LogP contribution in [0.25, 0.3) is 0 Å². The van der Waals surface area contributed by atoms with Crippen molar-refractivity contribution in [3.8, 4) is 5.75 Å². The maximum absolute atomic E-state index is 12.3. The monoisotopic (exact) mass is 357 g/mol. The number of rotatable bonds is 5. The van der Waals surface area contributed by atoms with Crippen molar-refractivity contribution < 1.29 is 17.9 Å². The molecule has 3 nitrogen and oxygen atoms in total. The first-order valence-corrected chi connectivity index (χ1v) is 7.96. The lowest BCUT2D eigenvalue weighted by atomic mass is 10.0. The van der Waals surface area contributed by atoms with Crippen LogP contribution in [0.3, 0.4) is 0 Å². The van der Waals surface area contributed by atoms with E-state index < -0.39 is 6.36 Å². The highest BCUT2D eigenvalue weighted by molar-refractivity contribution is 6.30. The van der Waals surface area contributed by atoms with Crippen molar-refractivity contribution in [2.45, 2.75) is 38.0 Å². The van der Waals surface area contributed by atoms with Crippen LogP contribution in [0, 0.1) is 0 Å². The first-order valence-electron chi connectivity index (χ1n) is 7.58. The molecule has 0 bridgehead atoms. The molecule has 0 unspecified atom stereocenters. The molecule has 128 valence electrons. The van der Waals surface area contributed by atoms with Crippen molar-refractivity contribution in [1.29, 1.82) is 0 Å². The zero-order chi connectivity index (χ0) is 17.3. The van der Waals surface area contributed by atoms with Gasteiger partial charge in [-0.15, -0.1) is 13.2 Å². The second-order valence-corrected chi connectivity index (χ2v) is 6.26. The van der Waals surface area contributed by atoms with Crippen molar-refractivity contribution in [2.24, 2.45) is 0 Å². The zero-order valence-electron chi connectivity index (χ0n) is 12.6. The quantitative estimate of drug-likeness (QED) is 0.850. The normalized spacial score (nSPS) is 14.7. The maximum Gasteiger partial charge on any atom is 0.573 e. The van der Waals surface area contributed by atoms with Gasteiger partial charge >= 0.3 is 6.36 Å². The summed E-state index contributed by atoms with van der Waals surface area (Å²) in [5.74, 6) is 0.168. The summed E-state index contributed by atoms with van der Waals surface area (Å²) in [5, 5.41) is 0.168. The topological polar surface area (TPSA) is 42.1 Å². The highest BCUT2D eigenvalue weighted by atomic mass is 35.5. The van der Waals surface area contributed by atoms with Crippen LogP contribution in [0.5, 0.6) is 5.75 Å². The van der Waals surface area contributed by atoms with Crippen LogP contribution in [0.4, 0.5) is 13.2 Å². The molecule has 24 heavy (non-hydrogen) atoms. The Labute approximate surface area is 141 Å². The molecule has 0 atom stereocenters. The molecule has 1 saturated carbocycles. The highest BCUT2D eigenvalue weighted by Crippen LogP contribution is 2.41. The van der Waals surface area contributed by atoms with Crippen molar-refractivity contribution in [3.63, 3.8) is 0 Å². The lowest BCUT2D eigenvalue weighted by Crippen LogP contribution is -2.17. The fourth-order valence-corrected chi connectivity index (χ4v) is 2.86. The number of hydrogen-bond acceptors (Lipinski definition) is 2. The molecule has 2 aromatic rings. The van der Waals surface area contributed by atoms with Gasteiger partial charge in [-0.05, 0) is 60.9 Å². The number of alkyl halides is 3. The molecule has 1 aliphatic rings. The molecule has 1 heterocycles. The summed E-state index contributed by atoms with van der Waals surface area (Å²) >= 11 is 5.89. The van der Waals surface area contributed by atoms with E-state index in [0.717, 1.165) is 24.1 Å². The fourth-order valence-electron chi connectivity index (χ4n) is 2.69. The average molecular weight is 358 g/mol. The van der Waals surface area contributed by atoms with Gasteiger partial charge in [-0.3, -0.25) is 4.79 Å². The predicted molar refractivity (Wildman–Crippen MR) is 84.6 cm³/mol. The van der Waals surface area contributed by atoms with E-state index in [1.807, 2.05) is 0 Å². The standard InChI is InChI=1S/C17H15ClF3NO2/c18-14-9-13(11-5-6-11)15(22-16(14)23)7-4-10-2-1-3-12(8-10)24-17(19,20)21/h1-3,8-9,11H,4-7H2,(H,22,23). The number of halogens is 4. The van der Waals surface area contributed by atoms with Gasteiger partial charge in [0.15, 0.2) is 0 Å². The molecule has 0 amide bonds. The number of aryl methyl sites for hydroxylation is 2. The first-order chi connectivity index (χ1) is 11.3. The van der Waals surface area contributed by atoms with Crippen molar-refractivity contribution in [3.05, 3.63) is 62.5 Å². The second kappa shape index (κ2) is 6.51. The van der Waals surface area contributed by atoms with Gasteiger partial charge in [-0.25, -0.2) is 0 Å². The number of ether oxygens (including phenoxy) is 1. The predicted octanol–water partition coefficient (Wildman–Crippen LogP) is 4.59. The van der Waals surface area contributed by atoms with E-state index in [1.165, 1.54) is 18.2 Å². The summed E-state index contributed by atoms with van der Waals surface area (Å²) in [6, 6.07) is 7.57. The van der Waals surface area contributed by atoms with Gasteiger partial charge < -0.3 is 9.72 Å². The molecule has 3 rings (SSSR count). The average Bonchev–Trinajstić information content (AvgIpc) is 3.31. The van der Waals surface area contributed by atoms with Gasteiger partial charge in [0.05, 0.1) is 0 Å². The summed E-state index contributed by atoms with van der Waals surface area (Å²) in [7, 11) is 0. The Morgan fingerprint density at radius 2 is 1.96 bits per heavy atom. The van der Waals surface area contributed by atoms with E-state index in [0.29, 0.717) is 24.3 Å². The van der Waals surface area contributed by atoms with Crippen LogP contribution in [0.2, 0.25) is 5.02 Å². The zero-order valence-corrected chi connectivity index (χ0v) is 13.4. The summed E-state index contributed by atoms with van der Waals surface area (Å²) in [6.07, 6.45) is -1.58. The van der Waals surface area contributed by atoms with Crippen LogP contribution in [-0.2, 0) is 12.8 Å². The number of H-pyrrole nitrogens is 1. The third-order valence-electron chi connectivity index (χ3n) is 3.92. The number of hydrogen-bond donors (Lipinski definition) is 1. The minimum absolute atomic E-state index is 0.168. The maximum atomic E-state index is 12.3. The lowest BCUT2D eigenvalue weighted by molar-refractivity contribution is -0.274. The molecule has 7 heteroatoms. The van der Waals surface area contributed by atoms with Crippen LogP contribution in [0.15, 0.2) is 35.1 Å². The molecule has 1 fully saturated rings. The molecule has 1 aromatic heterocycles. The van der Waals surface area contributed by atoms with Gasteiger partial charge in [0.1, 0.15) is 10.8 Å². The van der Waals surface area contributed by atoms with Crippen molar-refractivity contribution in [2.75, 3.05) is 0 Å². The van der Waals surface area contributed by atoms with E-state index in [2.05, 4.69) is 9.72 Å². The number of pyridine rings is 1. The largest absolute Gasteiger partial charge is 0.573 e. The van der Waals surface area contributed by atoms with Crippen LogP contribution < -0.4 is 10.3 Å². The smallest absolute Gasteiger partial charge is 0.406 e. The van der Waals surface area contributed by atoms with Gasteiger partial charge in [0, 0.05) is 5.69 Å². The number of aromatic nitrogens is 1. The molecular formula is C17H15ClF3NO2. The molecule has 1 N–H and O–H groups in total. The van der Waals surface area contributed by atoms with Gasteiger partial charge in [-0.1, -0.05) is 23.7 Å². The Hall–Kier alpha value is -1.95. The van der Waals surface area contributed by atoms with Gasteiger partial charge in [0.25, 0.3) is 5.56 Å². The summed E-state index contributed by atoms with van der Waals surface area (Å²) in [6.45, 7) is 0. The Morgan fingerprint density at radius 1 is 1.21 bits per heavy atom. The summed E-state index contributed by atoms with van der Waals surface area (Å²) in [4.78, 5) is 14.5. The van der Waals surface area contributed by atoms with E-state index in [-0.39, 0.29) is 16.3 Å². The van der Waals surface area contributed by atoms with E-state index in [4.69, 9.17) is 11.6 Å². The fraction of sp³-hybridized carbons (Fsp3) is 0.353. The third kappa shape index (κ3) is 4.32. The molecule has 1 aromatic carbocycles. The molecule has 0 radical (unpaired) electrons. The van der Waals surface area contributed by atoms with E-state index in [9.17, 15) is 18.0 Å². The molecule has 1 aliphatic carbocycles. The third-order valence-corrected chi connectivity index (χ3v) is 4.21. The van der Waals surface area contributed by atoms with Crippen molar-refractivity contribution >= 4 is 11.6 Å². The number of benzene rings is 1. The molecule has 0 saturated heterocycles. The Balaban J connectivity index is 1.75. The summed E-state index contributed by atoms with van der Waals surface area (Å²) in [5.41, 5.74) is 2.19. The molecular weight excluding hydrogens is 343 g/mol. The van der Waals surface area contributed by atoms with Crippen LogP contribution in [0.1, 0.15) is 35.6 Å². The number of aromatic amines is 1. The minimum Gasteiger partial charge on any atom is -0.406 e. The van der Waals surface area contributed by atoms with Gasteiger partial charge in [0.2, 0.25) is 0 Å². The van der Waals surface area contributed by atoms with Crippen molar-refractivity contribution in [1.82, 2.24) is 4.98 Å². The highest BCUT2D eigenvalue weighted by Gasteiger charge is 2.31.